The molecule has 1 aromatic carbocycles. The number of allylic oxidation sites excluding steroid dienone is 3. The van der Waals surface area contributed by atoms with Crippen LogP contribution in [0.3, 0.4) is 0 Å². The molecule has 1 fully saturated rings. The Morgan fingerprint density at radius 2 is 1.95 bits per heavy atom. The van der Waals surface area contributed by atoms with Crippen molar-refractivity contribution in [1.82, 2.24) is 0 Å². The topological polar surface area (TPSA) is 9.23 Å². The van der Waals surface area contributed by atoms with E-state index in [0.717, 1.165) is 11.7 Å². The largest absolute Gasteiger partial charge is 0.480 e. The Balaban J connectivity index is 1.57. The fourth-order valence-electron chi connectivity index (χ4n) is 3.58. The third kappa shape index (κ3) is 1.79. The second-order valence-corrected chi connectivity index (χ2v) is 5.59. The lowest BCUT2D eigenvalue weighted by Crippen LogP contribution is -2.08. The molecule has 2 unspecified atom stereocenters. The molecule has 0 spiro atoms. The number of fused-ring (bicyclic) bond motifs is 4. The second kappa shape index (κ2) is 4.31. The van der Waals surface area contributed by atoms with E-state index in [4.69, 9.17) is 4.74 Å². The Bertz CT molecular complexity index is 638. The molecule has 0 aromatic heterocycles. The zero-order valence-corrected chi connectivity index (χ0v) is 10.9. The first kappa shape index (κ1) is 10.9. The number of ether oxygens (including phenoxy) is 1. The van der Waals surface area contributed by atoms with Gasteiger partial charge < -0.3 is 4.74 Å². The number of hydrogen-bond donors (Lipinski definition) is 0. The van der Waals surface area contributed by atoms with E-state index in [1.54, 1.807) is 0 Å². The van der Waals surface area contributed by atoms with Crippen LogP contribution in [0, 0.1) is 11.8 Å². The first-order chi connectivity index (χ1) is 9.42. The van der Waals surface area contributed by atoms with Gasteiger partial charge in [0.2, 0.25) is 0 Å². The summed E-state index contributed by atoms with van der Waals surface area (Å²) >= 11 is 0. The van der Waals surface area contributed by atoms with E-state index >= 15 is 0 Å². The molecular weight excluding hydrogens is 232 g/mol. The van der Waals surface area contributed by atoms with Gasteiger partial charge >= 0.3 is 0 Å². The molecular formula is C18H16O. The van der Waals surface area contributed by atoms with Crippen molar-refractivity contribution in [1.29, 1.82) is 0 Å². The first-order valence-corrected chi connectivity index (χ1v) is 7.04. The molecule has 1 aromatic rings. The lowest BCUT2D eigenvalue weighted by molar-refractivity contribution is 0.202. The molecule has 4 rings (SSSR count). The van der Waals surface area contributed by atoms with Gasteiger partial charge in [-0.1, -0.05) is 36.1 Å². The van der Waals surface area contributed by atoms with Gasteiger partial charge in [-0.3, -0.25) is 0 Å². The second-order valence-electron chi connectivity index (χ2n) is 5.59. The summed E-state index contributed by atoms with van der Waals surface area (Å²) < 4.78 is 6.00. The number of hydrogen-bond acceptors (Lipinski definition) is 1. The Morgan fingerprint density at radius 1 is 1.11 bits per heavy atom. The SMILES string of the molecule is C1=C=C(OCc2ccccc2)C2=C(C=1)C1CCC2C1. The highest BCUT2D eigenvalue weighted by Crippen LogP contribution is 2.51. The van der Waals surface area contributed by atoms with Crippen LogP contribution >= 0.6 is 0 Å². The van der Waals surface area contributed by atoms with Crippen molar-refractivity contribution in [2.75, 3.05) is 0 Å². The Kier molecular flexibility index (Phi) is 2.48. The van der Waals surface area contributed by atoms with E-state index < -0.39 is 0 Å². The summed E-state index contributed by atoms with van der Waals surface area (Å²) in [7, 11) is 0. The van der Waals surface area contributed by atoms with Gasteiger partial charge in [0.05, 0.1) is 0 Å². The minimum atomic E-state index is 0.624. The van der Waals surface area contributed by atoms with E-state index in [2.05, 4.69) is 29.7 Å². The van der Waals surface area contributed by atoms with Gasteiger partial charge in [0.1, 0.15) is 6.61 Å². The van der Waals surface area contributed by atoms with Crippen LogP contribution in [0.2, 0.25) is 0 Å². The standard InChI is InChI=1S/C18H16O/c1-2-5-13(6-3-1)12-19-17-8-4-7-16-14-9-10-15(11-14)18(16)17/h1-3,5-7,14-15H,9-12H2. The highest BCUT2D eigenvalue weighted by Gasteiger charge is 2.40. The molecule has 2 atom stereocenters. The van der Waals surface area contributed by atoms with Crippen LogP contribution < -0.4 is 0 Å². The fraction of sp³-hybridized carbons (Fsp3) is 0.333. The molecule has 19 heavy (non-hydrogen) atoms. The van der Waals surface area contributed by atoms with E-state index in [9.17, 15) is 0 Å². The lowest BCUT2D eigenvalue weighted by atomic mass is 9.89. The minimum Gasteiger partial charge on any atom is -0.480 e. The van der Waals surface area contributed by atoms with E-state index in [0.29, 0.717) is 12.5 Å². The van der Waals surface area contributed by atoms with Gasteiger partial charge in [-0.15, -0.1) is 0 Å². The number of benzene rings is 1. The van der Waals surface area contributed by atoms with E-state index in [1.807, 2.05) is 18.2 Å². The molecule has 0 heterocycles. The van der Waals surface area contributed by atoms with E-state index in [-0.39, 0.29) is 0 Å². The predicted molar refractivity (Wildman–Crippen MR) is 74.2 cm³/mol. The van der Waals surface area contributed by atoms with Crippen molar-refractivity contribution in [2.45, 2.75) is 25.9 Å². The van der Waals surface area contributed by atoms with Crippen molar-refractivity contribution in [3.63, 3.8) is 0 Å². The minimum absolute atomic E-state index is 0.624. The molecule has 3 aliphatic carbocycles. The van der Waals surface area contributed by atoms with Crippen LogP contribution in [0.5, 0.6) is 0 Å². The molecule has 1 heteroatoms. The monoisotopic (exact) mass is 248 g/mol. The van der Waals surface area contributed by atoms with Crippen LogP contribution in [-0.4, -0.2) is 0 Å². The van der Waals surface area contributed by atoms with Gasteiger partial charge in [-0.2, -0.15) is 0 Å². The lowest BCUT2D eigenvalue weighted by Gasteiger charge is -2.20. The summed E-state index contributed by atoms with van der Waals surface area (Å²) in [5.41, 5.74) is 10.4. The van der Waals surface area contributed by atoms with Gasteiger partial charge in [0.25, 0.3) is 0 Å². The zero-order valence-electron chi connectivity index (χ0n) is 10.9. The highest BCUT2D eigenvalue weighted by atomic mass is 16.5. The zero-order chi connectivity index (χ0) is 12.7. The molecule has 1 nitrogen and oxygen atoms in total. The molecule has 94 valence electrons. The molecule has 2 bridgehead atoms. The Hall–Kier alpha value is -1.94. The first-order valence-electron chi connectivity index (χ1n) is 7.04. The summed E-state index contributed by atoms with van der Waals surface area (Å²) in [6.07, 6.45) is 6.09. The molecule has 0 amide bonds. The van der Waals surface area contributed by atoms with E-state index in [1.165, 1.54) is 36.0 Å². The van der Waals surface area contributed by atoms with Gasteiger partial charge in [0, 0.05) is 5.57 Å². The summed E-state index contributed by atoms with van der Waals surface area (Å²) in [6, 6.07) is 10.3. The smallest absolute Gasteiger partial charge is 0.174 e. The maximum absolute atomic E-state index is 6.00. The van der Waals surface area contributed by atoms with Gasteiger partial charge in [0.15, 0.2) is 5.76 Å². The molecule has 1 saturated carbocycles. The maximum atomic E-state index is 6.00. The van der Waals surface area contributed by atoms with Crippen molar-refractivity contribution in [3.05, 3.63) is 70.3 Å². The van der Waals surface area contributed by atoms with Crippen molar-refractivity contribution in [2.24, 2.45) is 11.8 Å². The molecule has 0 aliphatic heterocycles. The summed E-state index contributed by atoms with van der Waals surface area (Å²) in [5, 5.41) is 0. The molecule has 3 aliphatic rings. The van der Waals surface area contributed by atoms with Gasteiger partial charge in [-0.25, -0.2) is 0 Å². The molecule has 0 saturated heterocycles. The van der Waals surface area contributed by atoms with Crippen molar-refractivity contribution >= 4 is 0 Å². The normalized spacial score (nSPS) is 26.6. The highest BCUT2D eigenvalue weighted by molar-refractivity contribution is 5.48. The van der Waals surface area contributed by atoms with Crippen molar-refractivity contribution < 1.29 is 4.74 Å². The summed E-state index contributed by atoms with van der Waals surface area (Å²) in [5.74, 6) is 2.40. The summed E-state index contributed by atoms with van der Waals surface area (Å²) in [6.45, 7) is 0.624. The quantitative estimate of drug-likeness (QED) is 0.730. The van der Waals surface area contributed by atoms with Crippen LogP contribution in [0.25, 0.3) is 0 Å². The Morgan fingerprint density at radius 3 is 2.84 bits per heavy atom. The average Bonchev–Trinajstić information content (AvgIpc) is 3.08. The van der Waals surface area contributed by atoms with Gasteiger partial charge in [-0.05, 0) is 54.0 Å². The van der Waals surface area contributed by atoms with Crippen LogP contribution in [0.4, 0.5) is 0 Å². The molecule has 0 radical (unpaired) electrons. The van der Waals surface area contributed by atoms with Crippen molar-refractivity contribution in [3.8, 4) is 0 Å². The third-order valence-electron chi connectivity index (χ3n) is 4.48. The molecule has 0 N–H and O–H groups in total. The predicted octanol–water partition coefficient (Wildman–Crippen LogP) is 4.14. The van der Waals surface area contributed by atoms with Crippen LogP contribution in [-0.2, 0) is 11.3 Å². The number of rotatable bonds is 3. The summed E-state index contributed by atoms with van der Waals surface area (Å²) in [4.78, 5) is 0. The average molecular weight is 248 g/mol. The fourth-order valence-corrected chi connectivity index (χ4v) is 3.58. The Labute approximate surface area is 113 Å². The van der Waals surface area contributed by atoms with Crippen LogP contribution in [0.1, 0.15) is 24.8 Å². The van der Waals surface area contributed by atoms with Crippen LogP contribution in [0.15, 0.2) is 64.8 Å². The maximum Gasteiger partial charge on any atom is 0.174 e. The third-order valence-corrected chi connectivity index (χ3v) is 4.48.